The molecule has 0 amide bonds. The molecule has 0 aliphatic rings. The average molecular weight is 576 g/mol. The lowest BCUT2D eigenvalue weighted by atomic mass is 9.95. The van der Waals surface area contributed by atoms with Crippen molar-refractivity contribution in [2.75, 3.05) is 13.2 Å². The zero-order chi connectivity index (χ0) is 27.4. The second-order valence-electron chi connectivity index (χ2n) is 9.66. The summed E-state index contributed by atoms with van der Waals surface area (Å²) in [6.45, 7) is 10.4. The minimum Gasteiger partial charge on any atom is -0.493 e. The Labute approximate surface area is 230 Å². The van der Waals surface area contributed by atoms with Crippen molar-refractivity contribution in [2.45, 2.75) is 40.0 Å². The highest BCUT2D eigenvalue weighted by Gasteiger charge is 2.23. The smallest absolute Gasteiger partial charge is 0.282 e. The fourth-order valence-corrected chi connectivity index (χ4v) is 4.38. The standard InChI is InChI=1S/C30H30BrN3O4/c1-6-37-25-17-26(38-7-2)23(27(35)19-11-9-8-10-12-19)15-20(25)18-32-34-28(36)22-16-21(31)13-14-24(22)33-29(34)30(3,4)5/h8-18H,6-7H2,1-5H3. The molecule has 0 unspecified atom stereocenters. The average Bonchev–Trinajstić information content (AvgIpc) is 2.89. The molecule has 4 rings (SSSR count). The van der Waals surface area contributed by atoms with Crippen molar-refractivity contribution in [2.24, 2.45) is 5.10 Å². The summed E-state index contributed by atoms with van der Waals surface area (Å²) in [5, 5.41) is 5.03. The zero-order valence-electron chi connectivity index (χ0n) is 22.1. The highest BCUT2D eigenvalue weighted by Crippen LogP contribution is 2.31. The van der Waals surface area contributed by atoms with Crippen LogP contribution in [0.15, 0.2) is 75.0 Å². The Morgan fingerprint density at radius 3 is 2.34 bits per heavy atom. The van der Waals surface area contributed by atoms with E-state index in [4.69, 9.17) is 14.5 Å². The Kier molecular flexibility index (Phi) is 8.11. The van der Waals surface area contributed by atoms with Gasteiger partial charge in [0.15, 0.2) is 5.78 Å². The molecule has 7 nitrogen and oxygen atoms in total. The van der Waals surface area contributed by atoms with E-state index in [-0.39, 0.29) is 11.3 Å². The molecular weight excluding hydrogens is 546 g/mol. The van der Waals surface area contributed by atoms with E-state index in [9.17, 15) is 9.59 Å². The van der Waals surface area contributed by atoms with Gasteiger partial charge in [0.1, 0.15) is 17.3 Å². The van der Waals surface area contributed by atoms with Crippen molar-refractivity contribution in [3.8, 4) is 11.5 Å². The predicted octanol–water partition coefficient (Wildman–Crippen LogP) is 6.37. The van der Waals surface area contributed by atoms with Gasteiger partial charge in [0.05, 0.1) is 35.9 Å². The molecule has 0 aliphatic heterocycles. The van der Waals surface area contributed by atoms with Crippen LogP contribution in [0, 0.1) is 0 Å². The van der Waals surface area contributed by atoms with E-state index < -0.39 is 5.41 Å². The normalized spacial score (nSPS) is 11.7. The lowest BCUT2D eigenvalue weighted by Gasteiger charge is -2.21. The van der Waals surface area contributed by atoms with E-state index in [1.54, 1.807) is 30.3 Å². The van der Waals surface area contributed by atoms with Crippen LogP contribution in [-0.2, 0) is 5.41 Å². The van der Waals surface area contributed by atoms with E-state index in [2.05, 4.69) is 21.0 Å². The van der Waals surface area contributed by atoms with Crippen molar-refractivity contribution in [1.29, 1.82) is 0 Å². The van der Waals surface area contributed by atoms with Gasteiger partial charge >= 0.3 is 0 Å². The van der Waals surface area contributed by atoms with Crippen LogP contribution < -0.4 is 15.0 Å². The number of nitrogens with zero attached hydrogens (tertiary/aromatic N) is 3. The van der Waals surface area contributed by atoms with Gasteiger partial charge in [-0.15, -0.1) is 0 Å². The first-order valence-corrected chi connectivity index (χ1v) is 13.2. The molecule has 0 bridgehead atoms. The largest absolute Gasteiger partial charge is 0.493 e. The van der Waals surface area contributed by atoms with Gasteiger partial charge in [-0.3, -0.25) is 9.59 Å². The van der Waals surface area contributed by atoms with Crippen LogP contribution in [0.5, 0.6) is 11.5 Å². The van der Waals surface area contributed by atoms with Gasteiger partial charge in [-0.05, 0) is 38.1 Å². The molecule has 0 atom stereocenters. The van der Waals surface area contributed by atoms with Gasteiger partial charge in [0, 0.05) is 27.1 Å². The lowest BCUT2D eigenvalue weighted by Crippen LogP contribution is -2.29. The van der Waals surface area contributed by atoms with E-state index in [1.165, 1.54) is 10.9 Å². The molecule has 0 N–H and O–H groups in total. The molecular formula is C30H30BrN3O4. The van der Waals surface area contributed by atoms with E-state index in [0.29, 0.717) is 58.1 Å². The maximum Gasteiger partial charge on any atom is 0.282 e. The van der Waals surface area contributed by atoms with Gasteiger partial charge < -0.3 is 9.47 Å². The third-order valence-electron chi connectivity index (χ3n) is 5.78. The van der Waals surface area contributed by atoms with Crippen LogP contribution in [0.4, 0.5) is 0 Å². The van der Waals surface area contributed by atoms with E-state index >= 15 is 0 Å². The number of fused-ring (bicyclic) bond motifs is 1. The summed E-state index contributed by atoms with van der Waals surface area (Å²) in [5.41, 5.74) is 1.30. The summed E-state index contributed by atoms with van der Waals surface area (Å²) in [4.78, 5) is 31.7. The molecule has 0 aliphatic carbocycles. The number of halogens is 1. The second-order valence-corrected chi connectivity index (χ2v) is 10.6. The van der Waals surface area contributed by atoms with Gasteiger partial charge in [0.2, 0.25) is 0 Å². The van der Waals surface area contributed by atoms with Crippen LogP contribution in [0.25, 0.3) is 10.9 Å². The highest BCUT2D eigenvalue weighted by atomic mass is 79.9. The number of carbonyl (C=O) groups is 1. The fourth-order valence-electron chi connectivity index (χ4n) is 4.02. The Morgan fingerprint density at radius 2 is 1.68 bits per heavy atom. The molecule has 0 fully saturated rings. The topological polar surface area (TPSA) is 82.8 Å². The molecule has 0 saturated carbocycles. The summed E-state index contributed by atoms with van der Waals surface area (Å²) < 4.78 is 13.8. The third kappa shape index (κ3) is 5.70. The Balaban J connectivity index is 1.91. The third-order valence-corrected chi connectivity index (χ3v) is 6.28. The Morgan fingerprint density at radius 1 is 1.00 bits per heavy atom. The van der Waals surface area contributed by atoms with E-state index in [0.717, 1.165) is 4.47 Å². The summed E-state index contributed by atoms with van der Waals surface area (Å²) in [6.07, 6.45) is 1.53. The lowest BCUT2D eigenvalue weighted by molar-refractivity contribution is 0.103. The van der Waals surface area contributed by atoms with Gasteiger partial charge in [0.25, 0.3) is 5.56 Å². The first-order chi connectivity index (χ1) is 18.1. The second kappa shape index (κ2) is 11.3. The quantitative estimate of drug-likeness (QED) is 0.180. The molecule has 0 saturated heterocycles. The summed E-state index contributed by atoms with van der Waals surface area (Å²) in [6, 6.07) is 17.8. The maximum atomic E-state index is 13.6. The number of aromatic nitrogens is 2. The molecule has 196 valence electrons. The summed E-state index contributed by atoms with van der Waals surface area (Å²) in [5.74, 6) is 1.24. The molecule has 1 heterocycles. The fraction of sp³-hybridized carbons (Fsp3) is 0.267. The van der Waals surface area contributed by atoms with Crippen LogP contribution >= 0.6 is 15.9 Å². The van der Waals surface area contributed by atoms with Crippen LogP contribution in [0.1, 0.15) is 61.9 Å². The summed E-state index contributed by atoms with van der Waals surface area (Å²) >= 11 is 3.44. The van der Waals surface area contributed by atoms with Gasteiger partial charge in [-0.1, -0.05) is 67.0 Å². The van der Waals surface area contributed by atoms with Crippen LogP contribution in [-0.4, -0.2) is 34.9 Å². The molecule has 8 heteroatoms. The van der Waals surface area contributed by atoms with Crippen molar-refractivity contribution in [1.82, 2.24) is 9.66 Å². The molecule has 4 aromatic rings. The predicted molar refractivity (Wildman–Crippen MR) is 154 cm³/mol. The SMILES string of the molecule is CCOc1cc(OCC)c(C(=O)c2ccccc2)cc1C=Nn1c(C(C)(C)C)nc2ccc(Br)cc2c1=O. The Bertz CT molecular complexity index is 1570. The molecule has 3 aromatic carbocycles. The van der Waals surface area contributed by atoms with Crippen molar-refractivity contribution in [3.05, 3.63) is 98.0 Å². The summed E-state index contributed by atoms with van der Waals surface area (Å²) in [7, 11) is 0. The van der Waals surface area contributed by atoms with Gasteiger partial charge in [-0.2, -0.15) is 9.78 Å². The minimum absolute atomic E-state index is 0.184. The molecule has 38 heavy (non-hydrogen) atoms. The van der Waals surface area contributed by atoms with Crippen molar-refractivity contribution < 1.29 is 14.3 Å². The van der Waals surface area contributed by atoms with Crippen molar-refractivity contribution in [3.63, 3.8) is 0 Å². The first kappa shape index (κ1) is 27.3. The minimum atomic E-state index is -0.465. The Hall–Kier alpha value is -3.78. The number of ketones is 1. The number of benzene rings is 3. The molecule has 0 radical (unpaired) electrons. The number of hydrogen-bond donors (Lipinski definition) is 0. The zero-order valence-corrected chi connectivity index (χ0v) is 23.7. The molecule has 0 spiro atoms. The number of rotatable bonds is 8. The van der Waals surface area contributed by atoms with Crippen molar-refractivity contribution >= 4 is 38.8 Å². The number of hydrogen-bond acceptors (Lipinski definition) is 6. The highest BCUT2D eigenvalue weighted by molar-refractivity contribution is 9.10. The number of ether oxygens (including phenoxy) is 2. The first-order valence-electron chi connectivity index (χ1n) is 12.4. The number of carbonyl (C=O) groups excluding carboxylic acids is 1. The molecule has 1 aromatic heterocycles. The van der Waals surface area contributed by atoms with E-state index in [1.807, 2.05) is 65.0 Å². The van der Waals surface area contributed by atoms with Crippen LogP contribution in [0.2, 0.25) is 0 Å². The van der Waals surface area contributed by atoms with Crippen LogP contribution in [0.3, 0.4) is 0 Å². The monoisotopic (exact) mass is 575 g/mol. The van der Waals surface area contributed by atoms with Gasteiger partial charge in [-0.25, -0.2) is 4.98 Å². The maximum absolute atomic E-state index is 13.6.